The fraction of sp³-hybridized carbons (Fsp3) is 0.0196. The number of ether oxygens (including phenoxy) is 2. The summed E-state index contributed by atoms with van der Waals surface area (Å²) in [6.45, 7) is 5.94. The number of allylic oxidation sites excluding steroid dienone is 5. The van der Waals surface area contributed by atoms with Crippen LogP contribution in [0.5, 0.6) is 23.0 Å². The standard InChI is InChI=1S/C51H35N3O2/c1-3-15-34(16-4-2)42-32-43(35-17-6-5-7-18-35)53-51(52-42)37-20-14-19-36(31-37)33-27-29-38(30-28-33)54-44-24-11-10-23-41(44)47-39-21-8-9-22-40(39)49-50(48(47)54)56-46-26-13-12-25-45(46)55-49/h3-32H,1H2,2H3/b16-4-,34-15+. The van der Waals surface area contributed by atoms with Gasteiger partial charge in [0.1, 0.15) is 5.52 Å². The SMILES string of the molecule is C=C/C=C(\C=C/C)c1cc(-c2ccccc2)nc(-c2cccc(-c3ccc(-n4c5ccccc5c5c6ccccc6c6c(c54)Oc4ccccc4O6)cc3)c2)n1. The zero-order valence-corrected chi connectivity index (χ0v) is 30.7. The highest BCUT2D eigenvalue weighted by molar-refractivity contribution is 6.25. The van der Waals surface area contributed by atoms with Crippen LogP contribution in [0.3, 0.4) is 0 Å². The Balaban J connectivity index is 1.10. The Morgan fingerprint density at radius 2 is 1.25 bits per heavy atom. The minimum absolute atomic E-state index is 0.658. The van der Waals surface area contributed by atoms with Crippen molar-refractivity contribution in [3.63, 3.8) is 0 Å². The molecule has 10 rings (SSSR count). The van der Waals surface area contributed by atoms with Crippen LogP contribution in [0, 0.1) is 0 Å². The van der Waals surface area contributed by atoms with E-state index < -0.39 is 0 Å². The molecular formula is C51H35N3O2. The Morgan fingerprint density at radius 3 is 2.02 bits per heavy atom. The summed E-state index contributed by atoms with van der Waals surface area (Å²) < 4.78 is 15.7. The minimum atomic E-state index is 0.658. The van der Waals surface area contributed by atoms with Gasteiger partial charge in [-0.1, -0.05) is 146 Å². The summed E-state index contributed by atoms with van der Waals surface area (Å²) in [5.74, 6) is 3.50. The van der Waals surface area contributed by atoms with Gasteiger partial charge < -0.3 is 14.0 Å². The highest BCUT2D eigenvalue weighted by atomic mass is 16.6. The third kappa shape index (κ3) is 5.57. The molecule has 0 bridgehead atoms. The zero-order chi connectivity index (χ0) is 37.6. The van der Waals surface area contributed by atoms with Gasteiger partial charge in [-0.3, -0.25) is 0 Å². The molecule has 3 heterocycles. The number of nitrogens with zero attached hydrogens (tertiary/aromatic N) is 3. The molecule has 0 amide bonds. The van der Waals surface area contributed by atoms with Gasteiger partial charge in [0.2, 0.25) is 0 Å². The van der Waals surface area contributed by atoms with Gasteiger partial charge in [0.15, 0.2) is 28.8 Å². The molecule has 2 aromatic heterocycles. The van der Waals surface area contributed by atoms with Crippen molar-refractivity contribution in [2.24, 2.45) is 0 Å². The van der Waals surface area contributed by atoms with Crippen LogP contribution in [0.15, 0.2) is 189 Å². The molecule has 0 radical (unpaired) electrons. The van der Waals surface area contributed by atoms with Gasteiger partial charge in [-0.25, -0.2) is 9.97 Å². The molecule has 0 saturated heterocycles. The maximum absolute atomic E-state index is 6.76. The lowest BCUT2D eigenvalue weighted by Crippen LogP contribution is -2.03. The van der Waals surface area contributed by atoms with Crippen molar-refractivity contribution < 1.29 is 9.47 Å². The largest absolute Gasteiger partial charge is 0.449 e. The molecule has 266 valence electrons. The quantitative estimate of drug-likeness (QED) is 0.154. The molecule has 5 heteroatoms. The van der Waals surface area contributed by atoms with E-state index in [0.29, 0.717) is 23.1 Å². The van der Waals surface area contributed by atoms with E-state index in [0.717, 1.165) is 83.2 Å². The van der Waals surface area contributed by atoms with Gasteiger partial charge >= 0.3 is 0 Å². The third-order valence-electron chi connectivity index (χ3n) is 10.3. The van der Waals surface area contributed by atoms with E-state index in [2.05, 4.69) is 120 Å². The Bertz CT molecular complexity index is 3050. The average Bonchev–Trinajstić information content (AvgIpc) is 3.62. The summed E-state index contributed by atoms with van der Waals surface area (Å²) >= 11 is 0. The Kier molecular flexibility index (Phi) is 8.11. The number of aromatic nitrogens is 3. The van der Waals surface area contributed by atoms with Crippen LogP contribution in [0.1, 0.15) is 12.6 Å². The molecule has 5 nitrogen and oxygen atoms in total. The van der Waals surface area contributed by atoms with Crippen molar-refractivity contribution in [2.45, 2.75) is 6.92 Å². The third-order valence-corrected chi connectivity index (χ3v) is 10.3. The summed E-state index contributed by atoms with van der Waals surface area (Å²) in [7, 11) is 0. The molecule has 56 heavy (non-hydrogen) atoms. The van der Waals surface area contributed by atoms with Crippen LogP contribution in [-0.4, -0.2) is 14.5 Å². The fourth-order valence-electron chi connectivity index (χ4n) is 7.81. The minimum Gasteiger partial charge on any atom is -0.449 e. The molecule has 0 unspecified atom stereocenters. The summed E-state index contributed by atoms with van der Waals surface area (Å²) in [5.41, 5.74) is 9.85. The maximum Gasteiger partial charge on any atom is 0.195 e. The lowest BCUT2D eigenvalue weighted by molar-refractivity contribution is 0.366. The van der Waals surface area contributed by atoms with E-state index in [-0.39, 0.29) is 0 Å². The van der Waals surface area contributed by atoms with Crippen molar-refractivity contribution >= 4 is 38.2 Å². The lowest BCUT2D eigenvalue weighted by atomic mass is 10.0. The molecule has 9 aromatic rings. The van der Waals surface area contributed by atoms with E-state index in [1.54, 1.807) is 6.08 Å². The second-order valence-corrected chi connectivity index (χ2v) is 13.7. The van der Waals surface area contributed by atoms with Crippen LogP contribution in [0.25, 0.3) is 77.6 Å². The average molecular weight is 722 g/mol. The molecule has 1 aliphatic heterocycles. The van der Waals surface area contributed by atoms with Gasteiger partial charge in [0.25, 0.3) is 0 Å². The summed E-state index contributed by atoms with van der Waals surface area (Å²) in [6.07, 6.45) is 7.83. The van der Waals surface area contributed by atoms with Crippen molar-refractivity contribution in [3.05, 3.63) is 194 Å². The Labute approximate surface area is 324 Å². The second kappa shape index (κ2) is 13.7. The number of fused-ring (bicyclic) bond motifs is 9. The first-order chi connectivity index (χ1) is 27.7. The van der Waals surface area contributed by atoms with Gasteiger partial charge in [0, 0.05) is 33.0 Å². The second-order valence-electron chi connectivity index (χ2n) is 13.7. The van der Waals surface area contributed by atoms with E-state index >= 15 is 0 Å². The van der Waals surface area contributed by atoms with Crippen LogP contribution >= 0.6 is 0 Å². The zero-order valence-electron chi connectivity index (χ0n) is 30.7. The fourth-order valence-corrected chi connectivity index (χ4v) is 7.81. The van der Waals surface area contributed by atoms with Crippen LogP contribution in [0.4, 0.5) is 0 Å². The predicted molar refractivity (Wildman–Crippen MR) is 230 cm³/mol. The monoisotopic (exact) mass is 721 g/mol. The van der Waals surface area contributed by atoms with E-state index in [1.165, 1.54) is 0 Å². The molecule has 0 saturated carbocycles. The first-order valence-corrected chi connectivity index (χ1v) is 18.7. The van der Waals surface area contributed by atoms with Gasteiger partial charge in [-0.2, -0.15) is 0 Å². The lowest BCUT2D eigenvalue weighted by Gasteiger charge is -2.24. The summed E-state index contributed by atoms with van der Waals surface area (Å²) in [4.78, 5) is 10.1. The van der Waals surface area contributed by atoms with Crippen molar-refractivity contribution in [1.82, 2.24) is 14.5 Å². The van der Waals surface area contributed by atoms with Crippen LogP contribution in [0.2, 0.25) is 0 Å². The first kappa shape index (κ1) is 33.1. The molecular weight excluding hydrogens is 687 g/mol. The van der Waals surface area contributed by atoms with E-state index in [4.69, 9.17) is 19.4 Å². The van der Waals surface area contributed by atoms with Crippen LogP contribution < -0.4 is 9.47 Å². The number of rotatable bonds is 7. The van der Waals surface area contributed by atoms with Crippen molar-refractivity contribution in [2.75, 3.05) is 0 Å². The number of hydrogen-bond acceptors (Lipinski definition) is 4. The van der Waals surface area contributed by atoms with E-state index in [1.807, 2.05) is 73.7 Å². The van der Waals surface area contributed by atoms with Gasteiger partial charge in [-0.05, 0) is 71.5 Å². The molecule has 7 aromatic carbocycles. The highest BCUT2D eigenvalue weighted by Crippen LogP contribution is 2.54. The number of benzene rings is 7. The maximum atomic E-state index is 6.76. The smallest absolute Gasteiger partial charge is 0.195 e. The van der Waals surface area contributed by atoms with Gasteiger partial charge in [0.05, 0.1) is 16.9 Å². The Morgan fingerprint density at radius 1 is 0.589 bits per heavy atom. The predicted octanol–water partition coefficient (Wildman–Crippen LogP) is 13.8. The van der Waals surface area contributed by atoms with E-state index in [9.17, 15) is 0 Å². The summed E-state index contributed by atoms with van der Waals surface area (Å²) in [5, 5.41) is 4.42. The van der Waals surface area contributed by atoms with Crippen LogP contribution in [-0.2, 0) is 0 Å². The molecule has 0 fully saturated rings. The molecule has 0 aliphatic carbocycles. The van der Waals surface area contributed by atoms with Gasteiger partial charge in [-0.15, -0.1) is 0 Å². The molecule has 0 atom stereocenters. The topological polar surface area (TPSA) is 49.2 Å². The Hall–Kier alpha value is -7.50. The normalized spacial score (nSPS) is 12.4. The summed E-state index contributed by atoms with van der Waals surface area (Å²) in [6, 6.07) is 54.3. The molecule has 0 spiro atoms. The van der Waals surface area contributed by atoms with Crippen molar-refractivity contribution in [3.8, 4) is 62.5 Å². The molecule has 1 aliphatic rings. The number of para-hydroxylation sites is 3. The number of hydrogen-bond donors (Lipinski definition) is 0. The molecule has 0 N–H and O–H groups in total. The first-order valence-electron chi connectivity index (χ1n) is 18.7. The van der Waals surface area contributed by atoms with Crippen molar-refractivity contribution in [1.29, 1.82) is 0 Å². The highest BCUT2D eigenvalue weighted by Gasteiger charge is 2.29.